The fourth-order valence-corrected chi connectivity index (χ4v) is 4.04. The summed E-state index contributed by atoms with van der Waals surface area (Å²) >= 11 is 0. The van der Waals surface area contributed by atoms with Gasteiger partial charge in [0.25, 0.3) is 5.56 Å². The van der Waals surface area contributed by atoms with E-state index in [4.69, 9.17) is 5.73 Å². The number of hydrogen-bond acceptors (Lipinski definition) is 6. The summed E-state index contributed by atoms with van der Waals surface area (Å²) in [4.78, 5) is 38.9. The molecule has 166 valence electrons. The molecular weight excluding hydrogens is 408 g/mol. The quantitative estimate of drug-likeness (QED) is 0.581. The number of carbonyl (C=O) groups is 2. The van der Waals surface area contributed by atoms with E-state index in [0.717, 1.165) is 30.6 Å². The Balaban J connectivity index is 1.39. The van der Waals surface area contributed by atoms with Gasteiger partial charge in [-0.25, -0.2) is 4.68 Å². The summed E-state index contributed by atoms with van der Waals surface area (Å²) in [6.07, 6.45) is 1.83. The molecule has 0 saturated carbocycles. The highest BCUT2D eigenvalue weighted by molar-refractivity contribution is 5.91. The van der Waals surface area contributed by atoms with E-state index < -0.39 is 0 Å². The lowest BCUT2D eigenvalue weighted by Gasteiger charge is -2.31. The number of aryl methyl sites for hydroxylation is 1. The van der Waals surface area contributed by atoms with E-state index in [2.05, 4.69) is 20.5 Å². The van der Waals surface area contributed by atoms with E-state index in [9.17, 15) is 14.4 Å². The molecule has 0 bridgehead atoms. The van der Waals surface area contributed by atoms with Gasteiger partial charge in [0.1, 0.15) is 5.52 Å². The van der Waals surface area contributed by atoms with Gasteiger partial charge >= 0.3 is 0 Å². The topological polar surface area (TPSA) is 123 Å². The molecule has 32 heavy (non-hydrogen) atoms. The van der Waals surface area contributed by atoms with Gasteiger partial charge in [-0.05, 0) is 43.1 Å². The lowest BCUT2D eigenvalue weighted by atomic mass is 9.97. The Morgan fingerprint density at radius 3 is 2.75 bits per heavy atom. The maximum absolute atomic E-state index is 12.6. The van der Waals surface area contributed by atoms with Gasteiger partial charge in [0.2, 0.25) is 11.8 Å². The summed E-state index contributed by atoms with van der Waals surface area (Å²) in [5, 5.41) is 11.4. The summed E-state index contributed by atoms with van der Waals surface area (Å²) < 4.78 is 1.21. The number of aromatic nitrogens is 3. The van der Waals surface area contributed by atoms with Crippen LogP contribution in [0.2, 0.25) is 0 Å². The number of benzene rings is 2. The number of primary amides is 1. The molecule has 1 fully saturated rings. The molecule has 9 heteroatoms. The van der Waals surface area contributed by atoms with Gasteiger partial charge < -0.3 is 11.1 Å². The van der Waals surface area contributed by atoms with E-state index >= 15 is 0 Å². The van der Waals surface area contributed by atoms with Gasteiger partial charge in [0.15, 0.2) is 0 Å². The minimum atomic E-state index is -0.266. The SMILES string of the molecule is NC(=O)[C@@H]1CCCN(Cc2ccccc2NC(=O)CCn2nnc3ccccc3c2=O)C1. The number of amides is 2. The van der Waals surface area contributed by atoms with Crippen LogP contribution in [0.1, 0.15) is 24.8 Å². The zero-order chi connectivity index (χ0) is 22.5. The minimum absolute atomic E-state index is 0.0920. The van der Waals surface area contributed by atoms with Gasteiger partial charge in [-0.15, -0.1) is 5.10 Å². The van der Waals surface area contributed by atoms with Crippen molar-refractivity contribution < 1.29 is 9.59 Å². The van der Waals surface area contributed by atoms with Gasteiger partial charge in [0.05, 0.1) is 17.8 Å². The zero-order valence-corrected chi connectivity index (χ0v) is 17.7. The molecule has 0 aliphatic carbocycles. The lowest BCUT2D eigenvalue weighted by molar-refractivity contribution is -0.123. The number of hydrogen-bond donors (Lipinski definition) is 2. The number of anilines is 1. The van der Waals surface area contributed by atoms with Crippen LogP contribution in [0.25, 0.3) is 10.9 Å². The molecule has 3 aromatic rings. The zero-order valence-electron chi connectivity index (χ0n) is 17.7. The molecule has 1 atom stereocenters. The summed E-state index contributed by atoms with van der Waals surface area (Å²) in [5.74, 6) is -0.608. The van der Waals surface area contributed by atoms with Gasteiger partial charge in [-0.1, -0.05) is 35.5 Å². The first kappa shape index (κ1) is 21.6. The van der Waals surface area contributed by atoms with E-state index in [1.165, 1.54) is 4.68 Å². The monoisotopic (exact) mass is 434 g/mol. The van der Waals surface area contributed by atoms with Crippen molar-refractivity contribution in [3.05, 3.63) is 64.4 Å². The van der Waals surface area contributed by atoms with Crippen LogP contribution in [0.5, 0.6) is 0 Å². The third kappa shape index (κ3) is 5.00. The first-order valence-corrected chi connectivity index (χ1v) is 10.7. The highest BCUT2D eigenvalue weighted by atomic mass is 16.2. The fraction of sp³-hybridized carbons (Fsp3) is 0.348. The molecule has 9 nitrogen and oxygen atoms in total. The predicted octanol–water partition coefficient (Wildman–Crippen LogP) is 1.52. The lowest BCUT2D eigenvalue weighted by Crippen LogP contribution is -2.40. The average molecular weight is 435 g/mol. The Bertz CT molecular complexity index is 1190. The van der Waals surface area contributed by atoms with E-state index in [1.54, 1.807) is 24.3 Å². The second-order valence-corrected chi connectivity index (χ2v) is 8.07. The Morgan fingerprint density at radius 1 is 1.12 bits per heavy atom. The first-order valence-electron chi connectivity index (χ1n) is 10.7. The maximum Gasteiger partial charge on any atom is 0.277 e. The van der Waals surface area contributed by atoms with Crippen molar-refractivity contribution in [3.63, 3.8) is 0 Å². The Morgan fingerprint density at radius 2 is 1.91 bits per heavy atom. The number of piperidine rings is 1. The van der Waals surface area contributed by atoms with Crippen molar-refractivity contribution in [1.29, 1.82) is 0 Å². The summed E-state index contributed by atoms with van der Waals surface area (Å²) in [6, 6.07) is 14.6. The van der Waals surface area contributed by atoms with Crippen molar-refractivity contribution in [2.24, 2.45) is 11.7 Å². The summed E-state index contributed by atoms with van der Waals surface area (Å²) in [6.45, 7) is 2.27. The van der Waals surface area contributed by atoms with Crippen molar-refractivity contribution >= 4 is 28.4 Å². The Kier molecular flexibility index (Phi) is 6.55. The molecule has 4 rings (SSSR count). The number of nitrogens with zero attached hydrogens (tertiary/aromatic N) is 4. The number of nitrogens with one attached hydrogen (secondary N) is 1. The van der Waals surface area contributed by atoms with Crippen LogP contribution in [0.15, 0.2) is 53.3 Å². The van der Waals surface area contributed by atoms with Crippen LogP contribution in [0, 0.1) is 5.92 Å². The second kappa shape index (κ2) is 9.69. The smallest absolute Gasteiger partial charge is 0.277 e. The van der Waals surface area contributed by atoms with Crippen molar-refractivity contribution in [1.82, 2.24) is 19.9 Å². The normalized spacial score (nSPS) is 16.7. The molecule has 1 aromatic heterocycles. The third-order valence-electron chi connectivity index (χ3n) is 5.77. The predicted molar refractivity (Wildman–Crippen MR) is 121 cm³/mol. The highest BCUT2D eigenvalue weighted by Gasteiger charge is 2.24. The van der Waals surface area contributed by atoms with Crippen LogP contribution in [-0.4, -0.2) is 44.8 Å². The number of fused-ring (bicyclic) bond motifs is 1. The highest BCUT2D eigenvalue weighted by Crippen LogP contribution is 2.22. The first-order chi connectivity index (χ1) is 15.5. The van der Waals surface area contributed by atoms with Crippen molar-refractivity contribution in [3.8, 4) is 0 Å². The van der Waals surface area contributed by atoms with E-state index in [1.807, 2.05) is 24.3 Å². The molecule has 2 heterocycles. The second-order valence-electron chi connectivity index (χ2n) is 8.07. The van der Waals surface area contributed by atoms with Crippen molar-refractivity contribution in [2.75, 3.05) is 18.4 Å². The number of para-hydroxylation sites is 1. The molecule has 0 unspecified atom stereocenters. The maximum atomic E-state index is 12.6. The molecule has 1 aliphatic heterocycles. The largest absolute Gasteiger partial charge is 0.369 e. The number of rotatable bonds is 7. The Hall–Kier alpha value is -3.59. The van der Waals surface area contributed by atoms with Crippen LogP contribution < -0.4 is 16.6 Å². The van der Waals surface area contributed by atoms with E-state index in [0.29, 0.717) is 24.0 Å². The molecule has 2 amide bonds. The molecule has 1 aliphatic rings. The number of carbonyl (C=O) groups excluding carboxylic acids is 2. The molecule has 1 saturated heterocycles. The van der Waals surface area contributed by atoms with Crippen LogP contribution in [-0.2, 0) is 22.7 Å². The molecule has 3 N–H and O–H groups in total. The van der Waals surface area contributed by atoms with Crippen LogP contribution in [0.3, 0.4) is 0 Å². The van der Waals surface area contributed by atoms with Crippen LogP contribution >= 0.6 is 0 Å². The van der Waals surface area contributed by atoms with Gasteiger partial charge in [-0.3, -0.25) is 19.3 Å². The van der Waals surface area contributed by atoms with Gasteiger partial charge in [-0.2, -0.15) is 0 Å². The molecule has 0 spiro atoms. The fourth-order valence-electron chi connectivity index (χ4n) is 4.04. The minimum Gasteiger partial charge on any atom is -0.369 e. The number of likely N-dealkylation sites (tertiary alicyclic amines) is 1. The van der Waals surface area contributed by atoms with Crippen molar-refractivity contribution in [2.45, 2.75) is 32.4 Å². The summed E-state index contributed by atoms with van der Waals surface area (Å²) in [5.41, 5.74) is 7.43. The standard InChI is InChI=1S/C23H26N6O3/c24-22(31)17-7-5-12-28(15-17)14-16-6-1-3-9-19(16)25-21(30)11-13-29-23(32)18-8-2-4-10-20(18)26-27-29/h1-4,6,8-10,17H,5,7,11-15H2,(H2,24,31)(H,25,30)/t17-/m1/s1. The third-order valence-corrected chi connectivity index (χ3v) is 5.77. The molecule has 0 radical (unpaired) electrons. The van der Waals surface area contributed by atoms with Crippen LogP contribution in [0.4, 0.5) is 5.69 Å². The summed E-state index contributed by atoms with van der Waals surface area (Å²) in [7, 11) is 0. The van der Waals surface area contributed by atoms with Gasteiger partial charge in [0, 0.05) is 25.2 Å². The number of nitrogens with two attached hydrogens (primary N) is 1. The van der Waals surface area contributed by atoms with E-state index in [-0.39, 0.29) is 36.3 Å². The average Bonchev–Trinajstić information content (AvgIpc) is 2.80. The Labute approximate surface area is 185 Å². The molecule has 2 aromatic carbocycles. The molecular formula is C23H26N6O3.